The van der Waals surface area contributed by atoms with Gasteiger partial charge < -0.3 is 10.1 Å². The SMILES string of the molecule is CNC/C(=C\C1CCC=CO1)C(C)C. The predicted octanol–water partition coefficient (Wildman–Crippen LogP) is 2.48. The molecule has 2 nitrogen and oxygen atoms in total. The Kier molecular flexibility index (Phi) is 4.74. The molecule has 1 aliphatic rings. The average molecular weight is 195 g/mol. The largest absolute Gasteiger partial charge is 0.494 e. The Morgan fingerprint density at radius 2 is 2.43 bits per heavy atom. The van der Waals surface area contributed by atoms with Crippen LogP contribution >= 0.6 is 0 Å². The molecule has 0 aromatic carbocycles. The van der Waals surface area contributed by atoms with Crippen LogP contribution in [0, 0.1) is 5.92 Å². The lowest BCUT2D eigenvalue weighted by Gasteiger charge is -2.19. The van der Waals surface area contributed by atoms with E-state index in [1.165, 1.54) is 5.57 Å². The number of hydrogen-bond acceptors (Lipinski definition) is 2. The molecular formula is C12H21NO. The van der Waals surface area contributed by atoms with E-state index < -0.39 is 0 Å². The van der Waals surface area contributed by atoms with E-state index in [4.69, 9.17) is 4.74 Å². The van der Waals surface area contributed by atoms with Gasteiger partial charge in [-0.05, 0) is 38.0 Å². The molecule has 1 rings (SSSR count). The summed E-state index contributed by atoms with van der Waals surface area (Å²) in [5, 5.41) is 3.20. The van der Waals surface area contributed by atoms with Crippen molar-refractivity contribution < 1.29 is 4.74 Å². The number of ether oxygens (including phenoxy) is 1. The van der Waals surface area contributed by atoms with Crippen molar-refractivity contribution in [2.24, 2.45) is 5.92 Å². The van der Waals surface area contributed by atoms with Crippen molar-refractivity contribution in [3.05, 3.63) is 24.0 Å². The van der Waals surface area contributed by atoms with Crippen LogP contribution in [0.3, 0.4) is 0 Å². The number of rotatable bonds is 4. The Morgan fingerprint density at radius 3 is 2.93 bits per heavy atom. The number of likely N-dealkylation sites (N-methyl/N-ethyl adjacent to an activating group) is 1. The highest BCUT2D eigenvalue weighted by Crippen LogP contribution is 2.16. The van der Waals surface area contributed by atoms with Crippen LogP contribution in [0.5, 0.6) is 0 Å². The topological polar surface area (TPSA) is 21.3 Å². The fourth-order valence-corrected chi connectivity index (χ4v) is 1.57. The second kappa shape index (κ2) is 5.86. The minimum atomic E-state index is 0.283. The molecule has 0 amide bonds. The van der Waals surface area contributed by atoms with E-state index in [-0.39, 0.29) is 6.10 Å². The molecule has 0 saturated carbocycles. The van der Waals surface area contributed by atoms with E-state index in [0.717, 1.165) is 19.4 Å². The number of nitrogens with one attached hydrogen (secondary N) is 1. The molecule has 0 bridgehead atoms. The fourth-order valence-electron chi connectivity index (χ4n) is 1.57. The van der Waals surface area contributed by atoms with E-state index >= 15 is 0 Å². The average Bonchev–Trinajstić information content (AvgIpc) is 2.18. The molecule has 2 heteroatoms. The minimum Gasteiger partial charge on any atom is -0.494 e. The zero-order valence-corrected chi connectivity index (χ0v) is 9.42. The van der Waals surface area contributed by atoms with Gasteiger partial charge >= 0.3 is 0 Å². The molecule has 14 heavy (non-hydrogen) atoms. The summed E-state index contributed by atoms with van der Waals surface area (Å²) in [7, 11) is 1.98. The van der Waals surface area contributed by atoms with Gasteiger partial charge in [-0.1, -0.05) is 19.4 Å². The van der Waals surface area contributed by atoms with Crippen molar-refractivity contribution in [3.8, 4) is 0 Å². The maximum Gasteiger partial charge on any atom is 0.117 e. The molecule has 1 heterocycles. The van der Waals surface area contributed by atoms with Gasteiger partial charge in [0.15, 0.2) is 0 Å². The fraction of sp³-hybridized carbons (Fsp3) is 0.667. The monoisotopic (exact) mass is 195 g/mol. The summed E-state index contributed by atoms with van der Waals surface area (Å²) in [5.41, 5.74) is 1.44. The van der Waals surface area contributed by atoms with Gasteiger partial charge in [0.25, 0.3) is 0 Å². The van der Waals surface area contributed by atoms with Crippen molar-refractivity contribution >= 4 is 0 Å². The Hall–Kier alpha value is -0.760. The third-order valence-electron chi connectivity index (χ3n) is 2.49. The molecule has 1 atom stereocenters. The summed E-state index contributed by atoms with van der Waals surface area (Å²) in [6, 6.07) is 0. The summed E-state index contributed by atoms with van der Waals surface area (Å²) in [4.78, 5) is 0. The summed E-state index contributed by atoms with van der Waals surface area (Å²) < 4.78 is 5.52. The molecule has 1 aliphatic heterocycles. The van der Waals surface area contributed by atoms with Crippen molar-refractivity contribution in [2.45, 2.75) is 32.8 Å². The molecule has 0 radical (unpaired) electrons. The Bertz CT molecular complexity index is 218. The highest BCUT2D eigenvalue weighted by atomic mass is 16.5. The Labute approximate surface area is 87.0 Å². The molecule has 0 aromatic heterocycles. The number of allylic oxidation sites excluding steroid dienone is 1. The lowest BCUT2D eigenvalue weighted by Crippen LogP contribution is -2.18. The first-order valence-electron chi connectivity index (χ1n) is 5.39. The summed E-state index contributed by atoms with van der Waals surface area (Å²) in [6.07, 6.45) is 8.69. The summed E-state index contributed by atoms with van der Waals surface area (Å²) in [5.74, 6) is 0.594. The van der Waals surface area contributed by atoms with E-state index in [1.54, 1.807) is 0 Å². The van der Waals surface area contributed by atoms with Crippen LogP contribution in [0.2, 0.25) is 0 Å². The third kappa shape index (κ3) is 3.54. The van der Waals surface area contributed by atoms with E-state index in [9.17, 15) is 0 Å². The van der Waals surface area contributed by atoms with Gasteiger partial charge in [-0.15, -0.1) is 0 Å². The molecular weight excluding hydrogens is 174 g/mol. The smallest absolute Gasteiger partial charge is 0.117 e. The van der Waals surface area contributed by atoms with Crippen molar-refractivity contribution in [3.63, 3.8) is 0 Å². The van der Waals surface area contributed by atoms with Gasteiger partial charge in [-0.25, -0.2) is 0 Å². The third-order valence-corrected chi connectivity index (χ3v) is 2.49. The Balaban J connectivity index is 2.56. The second-order valence-corrected chi connectivity index (χ2v) is 4.05. The summed E-state index contributed by atoms with van der Waals surface area (Å²) in [6.45, 7) is 5.41. The normalized spacial score (nSPS) is 22.6. The van der Waals surface area contributed by atoms with Crippen LogP contribution in [-0.4, -0.2) is 19.7 Å². The molecule has 1 N–H and O–H groups in total. The van der Waals surface area contributed by atoms with Gasteiger partial charge in [0.2, 0.25) is 0 Å². The van der Waals surface area contributed by atoms with Crippen LogP contribution in [0.4, 0.5) is 0 Å². The quantitative estimate of drug-likeness (QED) is 0.696. The lowest BCUT2D eigenvalue weighted by molar-refractivity contribution is 0.164. The van der Waals surface area contributed by atoms with Crippen LogP contribution in [0.1, 0.15) is 26.7 Å². The highest BCUT2D eigenvalue weighted by molar-refractivity contribution is 5.11. The van der Waals surface area contributed by atoms with Crippen LogP contribution in [0.25, 0.3) is 0 Å². The first-order chi connectivity index (χ1) is 6.74. The minimum absolute atomic E-state index is 0.283. The van der Waals surface area contributed by atoms with E-state index in [2.05, 4.69) is 31.3 Å². The van der Waals surface area contributed by atoms with Gasteiger partial charge in [0.1, 0.15) is 6.10 Å². The number of hydrogen-bond donors (Lipinski definition) is 1. The maximum atomic E-state index is 5.52. The maximum absolute atomic E-state index is 5.52. The lowest BCUT2D eigenvalue weighted by atomic mass is 9.99. The molecule has 1 unspecified atom stereocenters. The van der Waals surface area contributed by atoms with Crippen molar-refractivity contribution in [2.75, 3.05) is 13.6 Å². The molecule has 0 aliphatic carbocycles. The van der Waals surface area contributed by atoms with Gasteiger partial charge in [0.05, 0.1) is 6.26 Å². The van der Waals surface area contributed by atoms with Crippen LogP contribution < -0.4 is 5.32 Å². The molecule has 80 valence electrons. The van der Waals surface area contributed by atoms with Gasteiger partial charge in [0, 0.05) is 6.54 Å². The molecule has 0 fully saturated rings. The van der Waals surface area contributed by atoms with Crippen molar-refractivity contribution in [1.29, 1.82) is 0 Å². The van der Waals surface area contributed by atoms with Crippen LogP contribution in [0.15, 0.2) is 24.0 Å². The van der Waals surface area contributed by atoms with E-state index in [0.29, 0.717) is 5.92 Å². The van der Waals surface area contributed by atoms with E-state index in [1.807, 2.05) is 13.3 Å². The molecule has 0 saturated heterocycles. The zero-order valence-electron chi connectivity index (χ0n) is 9.42. The van der Waals surface area contributed by atoms with Gasteiger partial charge in [-0.3, -0.25) is 0 Å². The first kappa shape index (κ1) is 11.3. The predicted molar refractivity (Wildman–Crippen MR) is 60.1 cm³/mol. The second-order valence-electron chi connectivity index (χ2n) is 4.05. The highest BCUT2D eigenvalue weighted by Gasteiger charge is 2.10. The van der Waals surface area contributed by atoms with Crippen LogP contribution in [-0.2, 0) is 4.74 Å². The Morgan fingerprint density at radius 1 is 1.64 bits per heavy atom. The van der Waals surface area contributed by atoms with Gasteiger partial charge in [-0.2, -0.15) is 0 Å². The molecule has 0 aromatic rings. The standard InChI is InChI=1S/C12H21NO/c1-10(2)11(9-13-3)8-12-6-4-5-7-14-12/h5,7-8,10,12-13H,4,6,9H2,1-3H3/b11-8+. The first-order valence-corrected chi connectivity index (χ1v) is 5.39. The summed E-state index contributed by atoms with van der Waals surface area (Å²) >= 11 is 0. The molecule has 0 spiro atoms. The zero-order chi connectivity index (χ0) is 10.4. The van der Waals surface area contributed by atoms with Crippen molar-refractivity contribution in [1.82, 2.24) is 5.32 Å².